The van der Waals surface area contributed by atoms with Crippen molar-refractivity contribution in [3.05, 3.63) is 71.3 Å². The van der Waals surface area contributed by atoms with Crippen molar-refractivity contribution >= 4 is 6.03 Å². The molecule has 1 aliphatic rings. The van der Waals surface area contributed by atoms with Gasteiger partial charge >= 0.3 is 6.03 Å². The highest BCUT2D eigenvalue weighted by Crippen LogP contribution is 2.09. The number of amides is 2. The molecule has 1 N–H and O–H groups in total. The summed E-state index contributed by atoms with van der Waals surface area (Å²) in [6.07, 6.45) is 0. The predicted molar refractivity (Wildman–Crippen MR) is 96.7 cm³/mol. The van der Waals surface area contributed by atoms with Gasteiger partial charge in [0.15, 0.2) is 0 Å². The minimum Gasteiger partial charge on any atom is -0.334 e. The molecule has 5 nitrogen and oxygen atoms in total. The van der Waals surface area contributed by atoms with Crippen molar-refractivity contribution < 1.29 is 4.79 Å². The topological polar surface area (TPSA) is 59.4 Å². The zero-order valence-electron chi connectivity index (χ0n) is 14.2. The first-order valence-electron chi connectivity index (χ1n) is 8.53. The average Bonchev–Trinajstić information content (AvgIpc) is 2.67. The molecule has 0 saturated carbocycles. The van der Waals surface area contributed by atoms with Gasteiger partial charge in [-0.3, -0.25) is 4.90 Å². The number of nitrogens with zero attached hydrogens (tertiary/aromatic N) is 3. The summed E-state index contributed by atoms with van der Waals surface area (Å²) in [5.74, 6) is 0. The molecule has 3 rings (SSSR count). The number of piperazine rings is 1. The van der Waals surface area contributed by atoms with Crippen LogP contribution >= 0.6 is 0 Å². The molecule has 0 atom stereocenters. The lowest BCUT2D eigenvalue weighted by Gasteiger charge is -2.34. The molecule has 2 aromatic rings. The fourth-order valence-corrected chi connectivity index (χ4v) is 2.99. The minimum atomic E-state index is -0.0401. The highest BCUT2D eigenvalue weighted by Gasteiger charge is 2.20. The number of nitrogens with one attached hydrogen (secondary N) is 1. The first-order chi connectivity index (χ1) is 12.2. The van der Waals surface area contributed by atoms with Crippen LogP contribution in [0.5, 0.6) is 0 Å². The van der Waals surface area contributed by atoms with Crippen LogP contribution in [0.4, 0.5) is 4.79 Å². The van der Waals surface area contributed by atoms with Gasteiger partial charge in [0.1, 0.15) is 0 Å². The fraction of sp³-hybridized carbons (Fsp3) is 0.300. The van der Waals surface area contributed by atoms with Gasteiger partial charge in [0.2, 0.25) is 0 Å². The number of nitriles is 1. The van der Waals surface area contributed by atoms with Gasteiger partial charge in [-0.15, -0.1) is 0 Å². The van der Waals surface area contributed by atoms with Gasteiger partial charge in [0, 0.05) is 39.3 Å². The van der Waals surface area contributed by atoms with Crippen LogP contribution < -0.4 is 5.32 Å². The molecule has 0 radical (unpaired) electrons. The third-order valence-electron chi connectivity index (χ3n) is 4.41. The van der Waals surface area contributed by atoms with Crippen molar-refractivity contribution in [2.75, 3.05) is 26.2 Å². The van der Waals surface area contributed by atoms with E-state index in [-0.39, 0.29) is 6.03 Å². The van der Waals surface area contributed by atoms with Crippen molar-refractivity contribution in [2.45, 2.75) is 13.1 Å². The van der Waals surface area contributed by atoms with Crippen LogP contribution in [0, 0.1) is 11.3 Å². The van der Waals surface area contributed by atoms with E-state index < -0.39 is 0 Å². The standard InChI is InChI=1S/C20H22N4O/c21-14-18-7-4-8-19(13-18)15-22-20(25)24-11-9-23(10-12-24)16-17-5-2-1-3-6-17/h1-8,13H,9-12,15-16H2,(H,22,25). The summed E-state index contributed by atoms with van der Waals surface area (Å²) in [5, 5.41) is 11.9. The van der Waals surface area contributed by atoms with Gasteiger partial charge in [0.05, 0.1) is 11.6 Å². The zero-order chi connectivity index (χ0) is 17.5. The molecule has 0 spiro atoms. The third kappa shape index (κ3) is 4.82. The van der Waals surface area contributed by atoms with Gasteiger partial charge in [-0.05, 0) is 23.3 Å². The van der Waals surface area contributed by atoms with Crippen LogP contribution in [0.3, 0.4) is 0 Å². The van der Waals surface area contributed by atoms with Crippen molar-refractivity contribution in [1.29, 1.82) is 5.26 Å². The number of hydrogen-bond donors (Lipinski definition) is 1. The van der Waals surface area contributed by atoms with Crippen LogP contribution in [-0.2, 0) is 13.1 Å². The SMILES string of the molecule is N#Cc1cccc(CNC(=O)N2CCN(Cc3ccccc3)CC2)c1. The fourth-order valence-electron chi connectivity index (χ4n) is 2.99. The Morgan fingerprint density at radius 3 is 2.44 bits per heavy atom. The zero-order valence-corrected chi connectivity index (χ0v) is 14.2. The largest absolute Gasteiger partial charge is 0.334 e. The normalized spacial score (nSPS) is 14.8. The summed E-state index contributed by atoms with van der Waals surface area (Å²) in [5.41, 5.74) is 2.86. The molecule has 2 aromatic carbocycles. The number of rotatable bonds is 4. The Morgan fingerprint density at radius 1 is 1.00 bits per heavy atom. The van der Waals surface area contributed by atoms with E-state index in [1.165, 1.54) is 5.56 Å². The van der Waals surface area contributed by atoms with E-state index in [9.17, 15) is 4.79 Å². The van der Waals surface area contributed by atoms with Gasteiger partial charge in [-0.2, -0.15) is 5.26 Å². The van der Waals surface area contributed by atoms with Crippen molar-refractivity contribution in [3.63, 3.8) is 0 Å². The molecule has 0 bridgehead atoms. The Morgan fingerprint density at radius 2 is 1.72 bits per heavy atom. The van der Waals surface area contributed by atoms with Gasteiger partial charge < -0.3 is 10.2 Å². The van der Waals surface area contributed by atoms with E-state index in [4.69, 9.17) is 5.26 Å². The second kappa shape index (κ2) is 8.32. The summed E-state index contributed by atoms with van der Waals surface area (Å²) >= 11 is 0. The van der Waals surface area contributed by atoms with E-state index in [1.807, 2.05) is 23.1 Å². The smallest absolute Gasteiger partial charge is 0.317 e. The van der Waals surface area contributed by atoms with Crippen molar-refractivity contribution in [1.82, 2.24) is 15.1 Å². The molecule has 1 heterocycles. The molecule has 128 valence electrons. The van der Waals surface area contributed by atoms with E-state index in [1.54, 1.807) is 12.1 Å². The number of benzene rings is 2. The van der Waals surface area contributed by atoms with Crippen LogP contribution in [0.25, 0.3) is 0 Å². The molecule has 1 saturated heterocycles. The first kappa shape index (κ1) is 17.0. The monoisotopic (exact) mass is 334 g/mol. The van der Waals surface area contributed by atoms with Crippen LogP contribution in [0.15, 0.2) is 54.6 Å². The van der Waals surface area contributed by atoms with E-state index in [0.29, 0.717) is 12.1 Å². The lowest BCUT2D eigenvalue weighted by molar-refractivity contribution is 0.135. The molecule has 25 heavy (non-hydrogen) atoms. The maximum atomic E-state index is 12.3. The van der Waals surface area contributed by atoms with Crippen LogP contribution in [0.2, 0.25) is 0 Å². The lowest BCUT2D eigenvalue weighted by atomic mass is 10.1. The molecule has 5 heteroatoms. The Hall–Kier alpha value is -2.84. The number of urea groups is 1. The number of carbonyl (C=O) groups is 1. The number of hydrogen-bond acceptors (Lipinski definition) is 3. The Kier molecular flexibility index (Phi) is 5.65. The van der Waals surface area contributed by atoms with Crippen molar-refractivity contribution in [2.24, 2.45) is 0 Å². The van der Waals surface area contributed by atoms with Gasteiger partial charge in [-0.1, -0.05) is 42.5 Å². The third-order valence-corrected chi connectivity index (χ3v) is 4.41. The molecule has 0 aromatic heterocycles. The molecule has 2 amide bonds. The molecule has 1 aliphatic heterocycles. The average molecular weight is 334 g/mol. The minimum absolute atomic E-state index is 0.0401. The predicted octanol–water partition coefficient (Wildman–Crippen LogP) is 2.59. The van der Waals surface area contributed by atoms with Crippen molar-refractivity contribution in [3.8, 4) is 6.07 Å². The van der Waals surface area contributed by atoms with E-state index >= 15 is 0 Å². The highest BCUT2D eigenvalue weighted by atomic mass is 16.2. The Labute approximate surface area is 148 Å². The van der Waals surface area contributed by atoms with Crippen LogP contribution in [0.1, 0.15) is 16.7 Å². The summed E-state index contributed by atoms with van der Waals surface area (Å²) in [4.78, 5) is 16.5. The maximum Gasteiger partial charge on any atom is 0.317 e. The number of carbonyl (C=O) groups excluding carboxylic acids is 1. The molecule has 0 unspecified atom stereocenters. The summed E-state index contributed by atoms with van der Waals surface area (Å²) in [7, 11) is 0. The Balaban J connectivity index is 1.44. The van der Waals surface area contributed by atoms with E-state index in [2.05, 4.69) is 40.6 Å². The van der Waals surface area contributed by atoms with E-state index in [0.717, 1.165) is 38.3 Å². The molecule has 0 aliphatic carbocycles. The lowest BCUT2D eigenvalue weighted by Crippen LogP contribution is -2.51. The first-order valence-corrected chi connectivity index (χ1v) is 8.53. The summed E-state index contributed by atoms with van der Waals surface area (Å²) in [6, 6.07) is 19.8. The van der Waals surface area contributed by atoms with Gasteiger partial charge in [-0.25, -0.2) is 4.79 Å². The quantitative estimate of drug-likeness (QED) is 0.935. The second-order valence-corrected chi connectivity index (χ2v) is 6.22. The van der Waals surface area contributed by atoms with Crippen LogP contribution in [-0.4, -0.2) is 42.0 Å². The molecule has 1 fully saturated rings. The van der Waals surface area contributed by atoms with Gasteiger partial charge in [0.25, 0.3) is 0 Å². The highest BCUT2D eigenvalue weighted by molar-refractivity contribution is 5.74. The maximum absolute atomic E-state index is 12.3. The molecular formula is C20H22N4O. The second-order valence-electron chi connectivity index (χ2n) is 6.22. The molecular weight excluding hydrogens is 312 g/mol. The summed E-state index contributed by atoms with van der Waals surface area (Å²) < 4.78 is 0. The Bertz CT molecular complexity index is 746. The summed E-state index contributed by atoms with van der Waals surface area (Å²) in [6.45, 7) is 4.60.